The van der Waals surface area contributed by atoms with Crippen LogP contribution in [-0.4, -0.2) is 58.6 Å². The quantitative estimate of drug-likeness (QED) is 0.276. The highest BCUT2D eigenvalue weighted by atomic mass is 32.2. The fourth-order valence-corrected chi connectivity index (χ4v) is 4.76. The normalized spacial score (nSPS) is 18.4. The lowest BCUT2D eigenvalue weighted by atomic mass is 10.1. The number of hydrogen-bond donors (Lipinski definition) is 0. The van der Waals surface area contributed by atoms with Crippen molar-refractivity contribution in [3.05, 3.63) is 65.7 Å². The van der Waals surface area contributed by atoms with E-state index in [4.69, 9.17) is 18.4 Å². The van der Waals surface area contributed by atoms with Gasteiger partial charge in [0, 0.05) is 13.2 Å². The Labute approximate surface area is 195 Å². The zero-order valence-electron chi connectivity index (χ0n) is 19.0. The summed E-state index contributed by atoms with van der Waals surface area (Å²) < 4.78 is 46.2. The van der Waals surface area contributed by atoms with Crippen molar-refractivity contribution >= 4 is 16.2 Å². The van der Waals surface area contributed by atoms with Gasteiger partial charge < -0.3 is 14.2 Å². The molecular weight excluding hydrogens is 446 g/mol. The van der Waals surface area contributed by atoms with Crippen LogP contribution in [0.2, 0.25) is 0 Å². The molecule has 3 rings (SSSR count). The second-order valence-electron chi connectivity index (χ2n) is 7.99. The van der Waals surface area contributed by atoms with E-state index in [1.807, 2.05) is 37.3 Å². The maximum Gasteiger partial charge on any atom is 0.410 e. The molecule has 2 aromatic carbocycles. The summed E-state index contributed by atoms with van der Waals surface area (Å²) in [6, 6.07) is 15.5. The molecule has 1 aliphatic rings. The highest BCUT2D eigenvalue weighted by Gasteiger charge is 2.38. The summed E-state index contributed by atoms with van der Waals surface area (Å²) in [6.07, 6.45) is 1.34. The number of carbonyl (C=O) groups is 1. The average molecular weight is 478 g/mol. The van der Waals surface area contributed by atoms with Crippen molar-refractivity contribution in [2.45, 2.75) is 49.8 Å². The molecule has 0 unspecified atom stereocenters. The van der Waals surface area contributed by atoms with E-state index in [9.17, 15) is 13.2 Å². The molecule has 8 nitrogen and oxygen atoms in total. The lowest BCUT2D eigenvalue weighted by Crippen LogP contribution is -2.44. The standard InChI is InChI=1S/C24H31NO7S/c1-19-8-12-23(13-9-19)33(27,28)32-15-14-21-10-11-22(17-30-18-29-2)25(21)24(26)31-16-20-6-4-3-5-7-20/h3-9,12-13,21-22H,10-11,14-18H2,1-2H3/t21-,22+/m1/s1. The third kappa shape index (κ3) is 7.26. The first-order chi connectivity index (χ1) is 15.9. The van der Waals surface area contributed by atoms with E-state index in [-0.39, 0.29) is 37.0 Å². The number of carbonyl (C=O) groups excluding carboxylic acids is 1. The third-order valence-electron chi connectivity index (χ3n) is 5.55. The van der Waals surface area contributed by atoms with Crippen LogP contribution in [-0.2, 0) is 35.1 Å². The van der Waals surface area contributed by atoms with Crippen molar-refractivity contribution in [2.24, 2.45) is 0 Å². The Bertz CT molecular complexity index is 980. The molecule has 1 heterocycles. The Morgan fingerprint density at radius 1 is 1.03 bits per heavy atom. The molecule has 180 valence electrons. The van der Waals surface area contributed by atoms with Crippen LogP contribution in [0.15, 0.2) is 59.5 Å². The van der Waals surface area contributed by atoms with Gasteiger partial charge in [0.05, 0.1) is 24.2 Å². The molecule has 1 amide bonds. The highest BCUT2D eigenvalue weighted by Crippen LogP contribution is 2.28. The molecule has 0 N–H and O–H groups in total. The minimum atomic E-state index is -3.86. The summed E-state index contributed by atoms with van der Waals surface area (Å²) >= 11 is 0. The number of hydrogen-bond acceptors (Lipinski definition) is 7. The van der Waals surface area contributed by atoms with Crippen molar-refractivity contribution in [1.29, 1.82) is 0 Å². The molecule has 0 bridgehead atoms. The van der Waals surface area contributed by atoms with E-state index in [1.54, 1.807) is 17.0 Å². The number of ether oxygens (including phenoxy) is 3. The number of amides is 1. The van der Waals surface area contributed by atoms with E-state index in [0.29, 0.717) is 19.4 Å². The minimum absolute atomic E-state index is 0.0327. The Kier molecular flexibility index (Phi) is 9.25. The topological polar surface area (TPSA) is 91.4 Å². The largest absolute Gasteiger partial charge is 0.445 e. The van der Waals surface area contributed by atoms with Gasteiger partial charge in [-0.25, -0.2) is 4.79 Å². The first-order valence-corrected chi connectivity index (χ1v) is 12.3. The molecule has 0 aliphatic carbocycles. The zero-order valence-corrected chi connectivity index (χ0v) is 19.8. The fourth-order valence-electron chi connectivity index (χ4n) is 3.83. The van der Waals surface area contributed by atoms with Crippen LogP contribution in [0.25, 0.3) is 0 Å². The molecule has 1 saturated heterocycles. The first kappa shape index (κ1) is 25.2. The summed E-state index contributed by atoms with van der Waals surface area (Å²) in [5.41, 5.74) is 1.85. The number of benzene rings is 2. The van der Waals surface area contributed by atoms with Crippen LogP contribution in [0, 0.1) is 6.92 Å². The third-order valence-corrected chi connectivity index (χ3v) is 6.87. The van der Waals surface area contributed by atoms with Gasteiger partial charge in [0.15, 0.2) is 0 Å². The van der Waals surface area contributed by atoms with Gasteiger partial charge in [-0.1, -0.05) is 48.0 Å². The van der Waals surface area contributed by atoms with Crippen molar-refractivity contribution in [1.82, 2.24) is 4.90 Å². The smallest absolute Gasteiger partial charge is 0.410 e. The van der Waals surface area contributed by atoms with Gasteiger partial charge in [0.25, 0.3) is 10.1 Å². The highest BCUT2D eigenvalue weighted by molar-refractivity contribution is 7.86. The van der Waals surface area contributed by atoms with E-state index in [1.165, 1.54) is 19.2 Å². The van der Waals surface area contributed by atoms with Gasteiger partial charge in [-0.05, 0) is 43.9 Å². The number of nitrogens with zero attached hydrogens (tertiary/aromatic N) is 1. The maximum absolute atomic E-state index is 12.9. The number of rotatable bonds is 11. The Morgan fingerprint density at radius 2 is 1.73 bits per heavy atom. The van der Waals surface area contributed by atoms with Gasteiger partial charge in [0.2, 0.25) is 0 Å². The van der Waals surface area contributed by atoms with E-state index < -0.39 is 16.2 Å². The Morgan fingerprint density at radius 3 is 2.42 bits per heavy atom. The van der Waals surface area contributed by atoms with E-state index >= 15 is 0 Å². The number of likely N-dealkylation sites (tertiary alicyclic amines) is 1. The Hall–Kier alpha value is -2.46. The molecule has 0 aromatic heterocycles. The first-order valence-electron chi connectivity index (χ1n) is 10.9. The second-order valence-corrected chi connectivity index (χ2v) is 9.60. The molecule has 0 saturated carbocycles. The van der Waals surface area contributed by atoms with Crippen molar-refractivity contribution in [3.8, 4) is 0 Å². The van der Waals surface area contributed by atoms with Gasteiger partial charge in [-0.15, -0.1) is 0 Å². The molecule has 1 aliphatic heterocycles. The SMILES string of the molecule is COCOC[C@@H]1CC[C@H](CCOS(=O)(=O)c2ccc(C)cc2)N1C(=O)OCc1ccccc1. The van der Waals surface area contributed by atoms with E-state index in [2.05, 4.69) is 0 Å². The lowest BCUT2D eigenvalue weighted by molar-refractivity contribution is -0.0490. The maximum atomic E-state index is 12.9. The summed E-state index contributed by atoms with van der Waals surface area (Å²) in [5, 5.41) is 0. The molecule has 0 radical (unpaired) electrons. The molecule has 2 atom stereocenters. The van der Waals surface area contributed by atoms with Gasteiger partial charge >= 0.3 is 6.09 Å². The van der Waals surface area contributed by atoms with Crippen molar-refractivity contribution in [3.63, 3.8) is 0 Å². The van der Waals surface area contributed by atoms with Crippen molar-refractivity contribution in [2.75, 3.05) is 27.1 Å². The molecule has 9 heteroatoms. The molecular formula is C24H31NO7S. The number of methoxy groups -OCH3 is 1. The molecule has 1 fully saturated rings. The van der Waals surface area contributed by atoms with Crippen LogP contribution < -0.4 is 0 Å². The van der Waals surface area contributed by atoms with Crippen LogP contribution in [0.4, 0.5) is 4.79 Å². The average Bonchev–Trinajstić information content (AvgIpc) is 3.21. The summed E-state index contributed by atoms with van der Waals surface area (Å²) in [4.78, 5) is 14.7. The van der Waals surface area contributed by atoms with Crippen LogP contribution in [0.1, 0.15) is 30.4 Å². The summed E-state index contributed by atoms with van der Waals surface area (Å²) in [7, 11) is -2.32. The van der Waals surface area contributed by atoms with E-state index in [0.717, 1.165) is 17.5 Å². The lowest BCUT2D eigenvalue weighted by Gasteiger charge is -2.29. The van der Waals surface area contributed by atoms with Gasteiger partial charge in [-0.2, -0.15) is 8.42 Å². The molecule has 33 heavy (non-hydrogen) atoms. The van der Waals surface area contributed by atoms with Crippen LogP contribution in [0.5, 0.6) is 0 Å². The summed E-state index contributed by atoms with van der Waals surface area (Å²) in [5.74, 6) is 0. The number of aryl methyl sites for hydroxylation is 1. The fraction of sp³-hybridized carbons (Fsp3) is 0.458. The predicted molar refractivity (Wildman–Crippen MR) is 122 cm³/mol. The summed E-state index contributed by atoms with van der Waals surface area (Å²) in [6.45, 7) is 2.46. The second kappa shape index (κ2) is 12.1. The minimum Gasteiger partial charge on any atom is -0.445 e. The predicted octanol–water partition coefficient (Wildman–Crippen LogP) is 3.88. The zero-order chi connectivity index (χ0) is 23.7. The van der Waals surface area contributed by atoms with Gasteiger partial charge in [-0.3, -0.25) is 9.08 Å². The van der Waals surface area contributed by atoms with Crippen LogP contribution >= 0.6 is 0 Å². The van der Waals surface area contributed by atoms with Crippen LogP contribution in [0.3, 0.4) is 0 Å². The Balaban J connectivity index is 1.60. The molecule has 2 aromatic rings. The van der Waals surface area contributed by atoms with Crippen molar-refractivity contribution < 1.29 is 31.6 Å². The monoisotopic (exact) mass is 477 g/mol. The molecule has 0 spiro atoms. The van der Waals surface area contributed by atoms with Gasteiger partial charge in [0.1, 0.15) is 13.4 Å².